The first-order valence-corrected chi connectivity index (χ1v) is 5.19. The minimum absolute atomic E-state index is 0.200. The van der Waals surface area contributed by atoms with Gasteiger partial charge in [0, 0.05) is 23.2 Å². The molecule has 0 aromatic heterocycles. The lowest BCUT2D eigenvalue weighted by Crippen LogP contribution is -2.50. The number of carbonyl (C=O) groups is 1. The first-order chi connectivity index (χ1) is 6.66. The van der Waals surface area contributed by atoms with Gasteiger partial charge in [-0.1, -0.05) is 22.0 Å². The number of benzene rings is 1. The Morgan fingerprint density at radius 2 is 2.21 bits per heavy atom. The molecule has 4 heteroatoms. The van der Waals surface area contributed by atoms with E-state index in [9.17, 15) is 4.79 Å². The molecule has 1 heterocycles. The molecule has 0 amide bonds. The van der Waals surface area contributed by atoms with Gasteiger partial charge in [-0.15, -0.1) is 0 Å². The predicted molar refractivity (Wildman–Crippen MR) is 57.5 cm³/mol. The second-order valence-corrected chi connectivity index (χ2v) is 4.34. The molecule has 0 atom stereocenters. The van der Waals surface area contributed by atoms with Gasteiger partial charge in [0.05, 0.1) is 5.92 Å². The van der Waals surface area contributed by atoms with Crippen LogP contribution in [0, 0.1) is 5.92 Å². The van der Waals surface area contributed by atoms with Crippen molar-refractivity contribution in [3.05, 3.63) is 28.7 Å². The number of carboxylic acid groups (broad SMARTS) is 1. The van der Waals surface area contributed by atoms with Crippen LogP contribution < -0.4 is 4.90 Å². The van der Waals surface area contributed by atoms with Crippen LogP contribution in [0.25, 0.3) is 0 Å². The third kappa shape index (κ3) is 1.75. The van der Waals surface area contributed by atoms with E-state index in [-0.39, 0.29) is 5.92 Å². The number of rotatable bonds is 2. The van der Waals surface area contributed by atoms with Crippen LogP contribution in [0.4, 0.5) is 5.69 Å². The zero-order valence-electron chi connectivity index (χ0n) is 7.48. The van der Waals surface area contributed by atoms with E-state index >= 15 is 0 Å². The molecule has 1 aliphatic heterocycles. The molecule has 2 rings (SSSR count). The molecule has 0 spiro atoms. The molecule has 1 aliphatic rings. The monoisotopic (exact) mass is 255 g/mol. The highest BCUT2D eigenvalue weighted by Crippen LogP contribution is 2.26. The largest absolute Gasteiger partial charge is 0.481 e. The SMILES string of the molecule is O=C(O)C1CN(c2cccc(Br)c2)C1. The Kier molecular flexibility index (Phi) is 2.46. The van der Waals surface area contributed by atoms with Gasteiger partial charge in [-0.25, -0.2) is 0 Å². The molecule has 74 valence electrons. The summed E-state index contributed by atoms with van der Waals surface area (Å²) in [6.07, 6.45) is 0. The van der Waals surface area contributed by atoms with Gasteiger partial charge >= 0.3 is 5.97 Å². The minimum atomic E-state index is -0.698. The van der Waals surface area contributed by atoms with E-state index in [1.54, 1.807) is 0 Å². The van der Waals surface area contributed by atoms with Gasteiger partial charge in [0.2, 0.25) is 0 Å². The molecular weight excluding hydrogens is 246 g/mol. The van der Waals surface area contributed by atoms with Gasteiger partial charge in [-0.05, 0) is 18.2 Å². The molecule has 1 saturated heterocycles. The average Bonchev–Trinajstić information content (AvgIpc) is 2.00. The van der Waals surface area contributed by atoms with Crippen LogP contribution in [0.3, 0.4) is 0 Å². The lowest BCUT2D eigenvalue weighted by atomic mass is 10.00. The summed E-state index contributed by atoms with van der Waals surface area (Å²) in [6.45, 7) is 1.23. The second-order valence-electron chi connectivity index (χ2n) is 3.42. The third-order valence-electron chi connectivity index (χ3n) is 2.40. The first-order valence-electron chi connectivity index (χ1n) is 4.40. The summed E-state index contributed by atoms with van der Waals surface area (Å²) in [5.74, 6) is -0.898. The second kappa shape index (κ2) is 3.61. The van der Waals surface area contributed by atoms with Crippen LogP contribution >= 0.6 is 15.9 Å². The molecule has 0 aliphatic carbocycles. The van der Waals surface area contributed by atoms with Crippen molar-refractivity contribution in [3.8, 4) is 0 Å². The molecule has 14 heavy (non-hydrogen) atoms. The quantitative estimate of drug-likeness (QED) is 0.879. The van der Waals surface area contributed by atoms with Crippen molar-refractivity contribution in [1.29, 1.82) is 0 Å². The molecule has 1 fully saturated rings. The Bertz CT molecular complexity index is 361. The molecule has 0 saturated carbocycles. The Morgan fingerprint density at radius 1 is 1.50 bits per heavy atom. The van der Waals surface area contributed by atoms with Crippen LogP contribution in [-0.2, 0) is 4.79 Å². The third-order valence-corrected chi connectivity index (χ3v) is 2.90. The summed E-state index contributed by atoms with van der Waals surface area (Å²) >= 11 is 3.38. The molecule has 3 nitrogen and oxygen atoms in total. The number of anilines is 1. The Labute approximate surface area is 90.5 Å². The van der Waals surface area contributed by atoms with E-state index in [1.807, 2.05) is 24.3 Å². The summed E-state index contributed by atoms with van der Waals surface area (Å²) in [5, 5.41) is 8.72. The maximum absolute atomic E-state index is 10.6. The minimum Gasteiger partial charge on any atom is -0.481 e. The maximum atomic E-state index is 10.6. The van der Waals surface area contributed by atoms with Crippen LogP contribution in [0.2, 0.25) is 0 Å². The highest BCUT2D eigenvalue weighted by Gasteiger charge is 2.32. The van der Waals surface area contributed by atoms with Gasteiger partial charge < -0.3 is 10.0 Å². The number of halogens is 1. The number of hydrogen-bond acceptors (Lipinski definition) is 2. The number of carboxylic acids is 1. The Morgan fingerprint density at radius 3 is 2.79 bits per heavy atom. The number of aliphatic carboxylic acids is 1. The molecule has 0 bridgehead atoms. The summed E-state index contributed by atoms with van der Waals surface area (Å²) in [6, 6.07) is 7.90. The van der Waals surface area contributed by atoms with E-state index in [1.165, 1.54) is 0 Å². The van der Waals surface area contributed by atoms with Gasteiger partial charge in [0.1, 0.15) is 0 Å². The smallest absolute Gasteiger partial charge is 0.310 e. The zero-order valence-corrected chi connectivity index (χ0v) is 9.07. The van der Waals surface area contributed by atoms with E-state index in [0.717, 1.165) is 10.2 Å². The van der Waals surface area contributed by atoms with Gasteiger partial charge in [0.25, 0.3) is 0 Å². The summed E-state index contributed by atoms with van der Waals surface area (Å²) < 4.78 is 1.02. The predicted octanol–water partition coefficient (Wildman–Crippen LogP) is 1.97. The summed E-state index contributed by atoms with van der Waals surface area (Å²) in [4.78, 5) is 12.6. The average molecular weight is 256 g/mol. The van der Waals surface area contributed by atoms with Crippen molar-refractivity contribution in [2.24, 2.45) is 5.92 Å². The molecule has 1 aromatic rings. The topological polar surface area (TPSA) is 40.5 Å². The summed E-state index contributed by atoms with van der Waals surface area (Å²) in [7, 11) is 0. The Balaban J connectivity index is 2.03. The number of nitrogens with zero attached hydrogens (tertiary/aromatic N) is 1. The molecule has 0 unspecified atom stereocenters. The normalized spacial score (nSPS) is 16.5. The van der Waals surface area contributed by atoms with Crippen LogP contribution in [0.1, 0.15) is 0 Å². The molecule has 1 N–H and O–H groups in total. The van der Waals surface area contributed by atoms with Crippen molar-refractivity contribution in [3.63, 3.8) is 0 Å². The van der Waals surface area contributed by atoms with Crippen LogP contribution in [0.15, 0.2) is 28.7 Å². The van der Waals surface area contributed by atoms with E-state index in [4.69, 9.17) is 5.11 Å². The van der Waals surface area contributed by atoms with Crippen molar-refractivity contribution in [2.75, 3.05) is 18.0 Å². The van der Waals surface area contributed by atoms with E-state index < -0.39 is 5.97 Å². The van der Waals surface area contributed by atoms with Crippen molar-refractivity contribution in [1.82, 2.24) is 0 Å². The van der Waals surface area contributed by atoms with Crippen molar-refractivity contribution >= 4 is 27.6 Å². The maximum Gasteiger partial charge on any atom is 0.310 e. The molecule has 1 aromatic carbocycles. The fraction of sp³-hybridized carbons (Fsp3) is 0.300. The fourth-order valence-electron chi connectivity index (χ4n) is 1.52. The lowest BCUT2D eigenvalue weighted by molar-refractivity contribution is -0.142. The number of hydrogen-bond donors (Lipinski definition) is 1. The molecular formula is C10H10BrNO2. The van der Waals surface area contributed by atoms with E-state index in [0.29, 0.717) is 13.1 Å². The van der Waals surface area contributed by atoms with Crippen LogP contribution in [-0.4, -0.2) is 24.2 Å². The van der Waals surface area contributed by atoms with Crippen molar-refractivity contribution in [2.45, 2.75) is 0 Å². The first kappa shape index (κ1) is 9.52. The van der Waals surface area contributed by atoms with Crippen molar-refractivity contribution < 1.29 is 9.90 Å². The van der Waals surface area contributed by atoms with Gasteiger partial charge in [0.15, 0.2) is 0 Å². The lowest BCUT2D eigenvalue weighted by Gasteiger charge is -2.38. The van der Waals surface area contributed by atoms with Gasteiger partial charge in [-0.3, -0.25) is 4.79 Å². The standard InChI is InChI=1S/C10H10BrNO2/c11-8-2-1-3-9(4-8)12-5-7(6-12)10(13)14/h1-4,7H,5-6H2,(H,13,14). The highest BCUT2D eigenvalue weighted by molar-refractivity contribution is 9.10. The Hall–Kier alpha value is -1.03. The van der Waals surface area contributed by atoms with Gasteiger partial charge in [-0.2, -0.15) is 0 Å². The van der Waals surface area contributed by atoms with E-state index in [2.05, 4.69) is 20.8 Å². The fourth-order valence-corrected chi connectivity index (χ4v) is 1.91. The zero-order chi connectivity index (χ0) is 10.1. The van der Waals surface area contributed by atoms with Crippen LogP contribution in [0.5, 0.6) is 0 Å². The molecule has 0 radical (unpaired) electrons. The highest BCUT2D eigenvalue weighted by atomic mass is 79.9. The summed E-state index contributed by atoms with van der Waals surface area (Å²) in [5.41, 5.74) is 1.08.